The highest BCUT2D eigenvalue weighted by Crippen LogP contribution is 2.43. The maximum Gasteiger partial charge on any atom is 0.232 e. The molecule has 3 heterocycles. The van der Waals surface area contributed by atoms with Gasteiger partial charge in [0.25, 0.3) is 0 Å². The molecule has 1 aliphatic rings. The summed E-state index contributed by atoms with van der Waals surface area (Å²) in [6, 6.07) is 9.58. The summed E-state index contributed by atoms with van der Waals surface area (Å²) in [6.07, 6.45) is 3.46. The first-order chi connectivity index (χ1) is 19.9. The van der Waals surface area contributed by atoms with E-state index in [1.165, 1.54) is 0 Å². The van der Waals surface area contributed by atoms with Crippen LogP contribution in [0.4, 0.5) is 5.95 Å². The van der Waals surface area contributed by atoms with Gasteiger partial charge < -0.3 is 13.6 Å². The molecule has 43 heavy (non-hydrogen) atoms. The molecule has 0 unspecified atom stereocenters. The molecule has 2 aromatic heterocycles. The van der Waals surface area contributed by atoms with E-state index in [4.69, 9.17) is 18.6 Å². The normalized spacial score (nSPS) is 20.0. The highest BCUT2D eigenvalue weighted by molar-refractivity contribution is 6.74. The number of imidazole rings is 1. The van der Waals surface area contributed by atoms with Crippen molar-refractivity contribution in [1.82, 2.24) is 19.5 Å². The maximum absolute atomic E-state index is 12.8. The predicted molar refractivity (Wildman–Crippen MR) is 178 cm³/mol. The monoisotopic (exact) mass is 623 g/mol. The fraction of sp³-hybridized carbons (Fsp3) is 0.562. The Balaban J connectivity index is 1.63. The molecular weight excluding hydrogens is 575 g/mol. The average Bonchev–Trinajstić information content (AvgIpc) is 3.49. The summed E-state index contributed by atoms with van der Waals surface area (Å²) in [5.74, 6) is 0.00406. The van der Waals surface area contributed by atoms with Gasteiger partial charge >= 0.3 is 0 Å². The molecule has 1 saturated heterocycles. The summed E-state index contributed by atoms with van der Waals surface area (Å²) < 4.78 is 22.2. The Hall–Kier alpha value is -2.71. The zero-order chi connectivity index (χ0) is 31.8. The second-order valence-corrected chi connectivity index (χ2v) is 24.1. The number of hydrogen-bond acceptors (Lipinski definition) is 7. The van der Waals surface area contributed by atoms with Gasteiger partial charge in [-0.3, -0.25) is 14.7 Å². The Bertz CT molecular complexity index is 1440. The van der Waals surface area contributed by atoms with E-state index in [9.17, 15) is 4.79 Å². The number of rotatable bonds is 10. The van der Waals surface area contributed by atoms with Gasteiger partial charge in [-0.05, 0) is 47.9 Å². The van der Waals surface area contributed by atoms with E-state index in [2.05, 4.69) is 89.6 Å². The third-order valence-corrected chi connectivity index (χ3v) is 18.3. The van der Waals surface area contributed by atoms with Crippen LogP contribution in [0.1, 0.15) is 65.4 Å². The first-order valence-corrected chi connectivity index (χ1v) is 20.9. The van der Waals surface area contributed by atoms with E-state index < -0.39 is 16.6 Å². The van der Waals surface area contributed by atoms with Crippen LogP contribution in [-0.4, -0.2) is 60.9 Å². The molecule has 1 fully saturated rings. The number of amides is 1. The van der Waals surface area contributed by atoms with Crippen LogP contribution in [0.2, 0.25) is 36.3 Å². The summed E-state index contributed by atoms with van der Waals surface area (Å²) >= 11 is 0. The quantitative estimate of drug-likeness (QED) is 0.236. The highest BCUT2D eigenvalue weighted by atomic mass is 28.4. The molecule has 1 aliphatic heterocycles. The van der Waals surface area contributed by atoms with Crippen molar-refractivity contribution in [1.29, 1.82) is 0 Å². The second-order valence-electron chi connectivity index (χ2n) is 14.5. The lowest BCUT2D eigenvalue weighted by atomic mass is 10.1. The molecule has 234 valence electrons. The van der Waals surface area contributed by atoms with Gasteiger partial charge in [-0.1, -0.05) is 78.5 Å². The number of nitrogens with one attached hydrogen (secondary N) is 1. The maximum atomic E-state index is 12.8. The standard InChI is InChI=1S/C32H49N5O4Si2/c1-12-23-28-29(36-30(34-23)35-26(38)18-22-16-14-13-15-17-22)37(21-33-28)27-19-24(41-43(10,11)32(5,6)7)25(40-27)20-39-42(8,9)31(2,3)4/h12-17,21,24-25,27H,1,18-20H2,2-11H3,(H,34,35,36,38)/t24-,25+,27+/m0/s1. The van der Waals surface area contributed by atoms with Crippen molar-refractivity contribution in [2.24, 2.45) is 0 Å². The number of carbonyl (C=O) groups excluding carboxylic acids is 1. The molecule has 0 saturated carbocycles. The molecular formula is C32H49N5O4Si2. The molecule has 4 rings (SSSR count). The van der Waals surface area contributed by atoms with E-state index in [0.29, 0.717) is 29.9 Å². The smallest absolute Gasteiger partial charge is 0.232 e. The Kier molecular flexibility index (Phi) is 9.54. The lowest BCUT2D eigenvalue weighted by Gasteiger charge is -2.40. The second kappa shape index (κ2) is 12.4. The average molecular weight is 624 g/mol. The Morgan fingerprint density at radius 3 is 2.33 bits per heavy atom. The number of ether oxygens (including phenoxy) is 1. The van der Waals surface area contributed by atoms with E-state index in [0.717, 1.165) is 5.56 Å². The molecule has 3 atom stereocenters. The Labute approximate surface area is 258 Å². The summed E-state index contributed by atoms with van der Waals surface area (Å²) in [5.41, 5.74) is 2.63. The minimum absolute atomic E-state index is 0.0522. The van der Waals surface area contributed by atoms with Crippen molar-refractivity contribution >= 4 is 45.7 Å². The van der Waals surface area contributed by atoms with Crippen molar-refractivity contribution in [2.45, 2.75) is 109 Å². The van der Waals surface area contributed by atoms with Crippen LogP contribution >= 0.6 is 0 Å². The minimum Gasteiger partial charge on any atom is -0.414 e. The topological polar surface area (TPSA) is 100 Å². The van der Waals surface area contributed by atoms with Gasteiger partial charge in [0.1, 0.15) is 17.8 Å². The van der Waals surface area contributed by atoms with Crippen molar-refractivity contribution in [3.8, 4) is 0 Å². The zero-order valence-electron chi connectivity index (χ0n) is 27.5. The van der Waals surface area contributed by atoms with Crippen LogP contribution in [0, 0.1) is 0 Å². The van der Waals surface area contributed by atoms with Crippen LogP contribution < -0.4 is 5.32 Å². The van der Waals surface area contributed by atoms with Gasteiger partial charge in [-0.15, -0.1) is 0 Å². The van der Waals surface area contributed by atoms with Gasteiger partial charge in [-0.25, -0.2) is 9.97 Å². The Morgan fingerprint density at radius 2 is 1.72 bits per heavy atom. The number of hydrogen-bond donors (Lipinski definition) is 1. The Morgan fingerprint density at radius 1 is 1.07 bits per heavy atom. The van der Waals surface area contributed by atoms with Gasteiger partial charge in [-0.2, -0.15) is 4.98 Å². The third-order valence-electron chi connectivity index (χ3n) is 9.26. The molecule has 0 bridgehead atoms. The first-order valence-electron chi connectivity index (χ1n) is 15.1. The van der Waals surface area contributed by atoms with E-state index in [1.807, 2.05) is 34.9 Å². The van der Waals surface area contributed by atoms with E-state index >= 15 is 0 Å². The molecule has 0 radical (unpaired) electrons. The van der Waals surface area contributed by atoms with Gasteiger partial charge in [0, 0.05) is 6.42 Å². The SMILES string of the molecule is C=Cc1nc(NC(=O)Cc2ccccc2)nc2c1ncn2[C@H]1C[C@H](O[Si](C)(C)C(C)(C)C)[C@@H](CO[Si](C)(C)C(C)(C)C)O1. The summed E-state index contributed by atoms with van der Waals surface area (Å²) in [4.78, 5) is 26.7. The number of aromatic nitrogens is 4. The van der Waals surface area contributed by atoms with Gasteiger partial charge in [0.05, 0.1) is 31.2 Å². The molecule has 3 aromatic rings. The molecule has 1 aromatic carbocycles. The minimum atomic E-state index is -2.10. The molecule has 11 heteroatoms. The number of nitrogens with zero attached hydrogens (tertiary/aromatic N) is 4. The molecule has 0 aliphatic carbocycles. The fourth-order valence-corrected chi connectivity index (χ4v) is 6.88. The van der Waals surface area contributed by atoms with Crippen molar-refractivity contribution < 1.29 is 18.4 Å². The third kappa shape index (κ3) is 7.51. The fourth-order valence-electron chi connectivity index (χ4n) is 4.50. The van der Waals surface area contributed by atoms with Crippen LogP contribution in [0.15, 0.2) is 43.2 Å². The predicted octanol–water partition coefficient (Wildman–Crippen LogP) is 7.35. The zero-order valence-corrected chi connectivity index (χ0v) is 29.5. The molecule has 9 nitrogen and oxygen atoms in total. The lowest BCUT2D eigenvalue weighted by molar-refractivity contribution is -0.115. The summed E-state index contributed by atoms with van der Waals surface area (Å²) in [6.45, 7) is 26.9. The largest absolute Gasteiger partial charge is 0.414 e. The van der Waals surface area contributed by atoms with Crippen LogP contribution in [-0.2, 0) is 24.8 Å². The summed E-state index contributed by atoms with van der Waals surface area (Å²) in [7, 11) is -4.11. The van der Waals surface area contributed by atoms with E-state index in [1.54, 1.807) is 12.4 Å². The molecule has 0 spiro atoms. The number of anilines is 1. The number of benzene rings is 1. The number of fused-ring (bicyclic) bond motifs is 1. The molecule has 1 N–H and O–H groups in total. The van der Waals surface area contributed by atoms with Crippen LogP contribution in [0.5, 0.6) is 0 Å². The van der Waals surface area contributed by atoms with Crippen LogP contribution in [0.3, 0.4) is 0 Å². The number of carbonyl (C=O) groups is 1. The van der Waals surface area contributed by atoms with Gasteiger partial charge in [0.15, 0.2) is 22.3 Å². The van der Waals surface area contributed by atoms with E-state index in [-0.39, 0.29) is 46.8 Å². The van der Waals surface area contributed by atoms with Gasteiger partial charge in [0.2, 0.25) is 11.9 Å². The molecule has 1 amide bonds. The summed E-state index contributed by atoms with van der Waals surface area (Å²) in [5, 5.41) is 2.99. The highest BCUT2D eigenvalue weighted by Gasteiger charge is 2.47. The van der Waals surface area contributed by atoms with Crippen molar-refractivity contribution in [3.63, 3.8) is 0 Å². The first kappa shape index (κ1) is 33.2. The van der Waals surface area contributed by atoms with Crippen molar-refractivity contribution in [3.05, 3.63) is 54.5 Å². The van der Waals surface area contributed by atoms with Crippen molar-refractivity contribution in [2.75, 3.05) is 11.9 Å². The van der Waals surface area contributed by atoms with Crippen LogP contribution in [0.25, 0.3) is 17.2 Å². The lowest BCUT2D eigenvalue weighted by Crippen LogP contribution is -2.48.